The molecule has 0 N–H and O–H groups in total. The van der Waals surface area contributed by atoms with Gasteiger partial charge in [0.1, 0.15) is 0 Å². The van der Waals surface area contributed by atoms with Crippen molar-refractivity contribution in [3.05, 3.63) is 12.7 Å². The molecule has 0 bridgehead atoms. The molecule has 0 saturated carbocycles. The van der Waals surface area contributed by atoms with Crippen LogP contribution in [0.15, 0.2) is 12.7 Å². The average molecular weight is 293 g/mol. The topological polar surface area (TPSA) is 20.3 Å². The molecule has 1 heterocycles. The molecule has 0 aromatic rings. The summed E-state index contributed by atoms with van der Waals surface area (Å²) in [6, 6.07) is 0. The summed E-state index contributed by atoms with van der Waals surface area (Å²) in [6.07, 6.45) is 14.7. The molecular weight excluding hydrogens is 258 g/mol. The van der Waals surface area contributed by atoms with Crippen molar-refractivity contribution in [2.75, 3.05) is 13.1 Å². The summed E-state index contributed by atoms with van der Waals surface area (Å²) in [5.41, 5.74) is 0. The number of likely N-dealkylation sites (tertiary alicyclic amines) is 1. The molecule has 0 aromatic heterocycles. The van der Waals surface area contributed by atoms with Gasteiger partial charge in [-0.15, -0.1) is 0 Å². The molecule has 1 aliphatic heterocycles. The molecule has 1 saturated heterocycles. The first-order valence-corrected chi connectivity index (χ1v) is 9.14. The molecule has 0 aromatic carbocycles. The van der Waals surface area contributed by atoms with E-state index < -0.39 is 0 Å². The Morgan fingerprint density at radius 1 is 1.19 bits per heavy atom. The molecule has 0 aliphatic carbocycles. The smallest absolute Gasteiger partial charge is 0.245 e. The third-order valence-electron chi connectivity index (χ3n) is 4.95. The number of amides is 1. The molecule has 1 amide bonds. The van der Waals surface area contributed by atoms with Gasteiger partial charge in [0.2, 0.25) is 5.91 Å². The van der Waals surface area contributed by atoms with Crippen molar-refractivity contribution in [1.29, 1.82) is 0 Å². The predicted octanol–water partition coefficient (Wildman–Crippen LogP) is 5.19. The molecule has 2 atom stereocenters. The summed E-state index contributed by atoms with van der Waals surface area (Å²) in [5, 5.41) is 0. The second-order valence-electron chi connectivity index (χ2n) is 6.64. The molecule has 2 nitrogen and oxygen atoms in total. The van der Waals surface area contributed by atoms with Gasteiger partial charge in [0.05, 0.1) is 0 Å². The van der Waals surface area contributed by atoms with Crippen molar-refractivity contribution < 1.29 is 4.79 Å². The molecule has 0 spiro atoms. The van der Waals surface area contributed by atoms with Crippen LogP contribution in [0.4, 0.5) is 0 Å². The van der Waals surface area contributed by atoms with Crippen molar-refractivity contribution >= 4 is 5.91 Å². The number of rotatable bonds is 10. The number of carbonyl (C=O) groups is 1. The first kappa shape index (κ1) is 18.3. The zero-order valence-electron chi connectivity index (χ0n) is 14.3. The Morgan fingerprint density at radius 3 is 2.62 bits per heavy atom. The van der Waals surface area contributed by atoms with Gasteiger partial charge in [0, 0.05) is 13.1 Å². The summed E-state index contributed by atoms with van der Waals surface area (Å²) in [7, 11) is 0. The molecule has 1 aliphatic rings. The fraction of sp³-hybridized carbons (Fsp3) is 0.842. The SMILES string of the molecule is C=CC(=O)N1CCC[C@H](C(CCC)CCCCCCC)C1. The molecule has 1 fully saturated rings. The number of hydrogen-bond acceptors (Lipinski definition) is 1. The van der Waals surface area contributed by atoms with Crippen LogP contribution in [0, 0.1) is 11.8 Å². The van der Waals surface area contributed by atoms with Crippen molar-refractivity contribution in [3.8, 4) is 0 Å². The van der Waals surface area contributed by atoms with E-state index in [9.17, 15) is 4.79 Å². The number of unbranched alkanes of at least 4 members (excludes halogenated alkanes) is 4. The predicted molar refractivity (Wildman–Crippen MR) is 91.3 cm³/mol. The second kappa shape index (κ2) is 10.9. The number of nitrogens with zero attached hydrogens (tertiary/aromatic N) is 1. The zero-order chi connectivity index (χ0) is 15.5. The fourth-order valence-electron chi connectivity index (χ4n) is 3.72. The molecule has 122 valence electrons. The Kier molecular flexibility index (Phi) is 9.45. The third kappa shape index (κ3) is 6.67. The Hall–Kier alpha value is -0.790. The minimum absolute atomic E-state index is 0.123. The van der Waals surface area contributed by atoms with E-state index in [-0.39, 0.29) is 5.91 Å². The number of piperidine rings is 1. The van der Waals surface area contributed by atoms with Gasteiger partial charge in [-0.1, -0.05) is 71.8 Å². The van der Waals surface area contributed by atoms with Crippen LogP contribution in [0.2, 0.25) is 0 Å². The lowest BCUT2D eigenvalue weighted by Crippen LogP contribution is -2.41. The Bertz CT molecular complexity index is 300. The molecule has 2 heteroatoms. The van der Waals surface area contributed by atoms with E-state index in [1.165, 1.54) is 70.3 Å². The van der Waals surface area contributed by atoms with Crippen LogP contribution in [0.25, 0.3) is 0 Å². The first-order valence-electron chi connectivity index (χ1n) is 9.14. The lowest BCUT2D eigenvalue weighted by atomic mass is 9.79. The van der Waals surface area contributed by atoms with Crippen LogP contribution >= 0.6 is 0 Å². The Morgan fingerprint density at radius 2 is 1.95 bits per heavy atom. The highest BCUT2D eigenvalue weighted by molar-refractivity contribution is 5.87. The first-order chi connectivity index (χ1) is 10.2. The van der Waals surface area contributed by atoms with Crippen LogP contribution in [-0.2, 0) is 4.79 Å². The van der Waals surface area contributed by atoms with E-state index in [0.717, 1.165) is 19.0 Å². The van der Waals surface area contributed by atoms with Gasteiger partial charge in [-0.25, -0.2) is 0 Å². The van der Waals surface area contributed by atoms with Gasteiger partial charge in [-0.3, -0.25) is 4.79 Å². The number of hydrogen-bond donors (Lipinski definition) is 0. The molecule has 1 unspecified atom stereocenters. The maximum Gasteiger partial charge on any atom is 0.245 e. The van der Waals surface area contributed by atoms with Crippen LogP contribution in [0.5, 0.6) is 0 Å². The van der Waals surface area contributed by atoms with Gasteiger partial charge in [-0.05, 0) is 30.8 Å². The van der Waals surface area contributed by atoms with Gasteiger partial charge in [0.25, 0.3) is 0 Å². The lowest BCUT2D eigenvalue weighted by Gasteiger charge is -2.37. The van der Waals surface area contributed by atoms with E-state index in [4.69, 9.17) is 0 Å². The van der Waals surface area contributed by atoms with Gasteiger partial charge in [-0.2, -0.15) is 0 Å². The largest absolute Gasteiger partial charge is 0.339 e. The summed E-state index contributed by atoms with van der Waals surface area (Å²) < 4.78 is 0. The molecule has 21 heavy (non-hydrogen) atoms. The quantitative estimate of drug-likeness (QED) is 0.401. The Labute approximate surface area is 132 Å². The summed E-state index contributed by atoms with van der Waals surface area (Å²) in [4.78, 5) is 13.8. The van der Waals surface area contributed by atoms with Crippen LogP contribution < -0.4 is 0 Å². The van der Waals surface area contributed by atoms with E-state index >= 15 is 0 Å². The van der Waals surface area contributed by atoms with Crippen LogP contribution in [0.1, 0.15) is 78.1 Å². The highest BCUT2D eigenvalue weighted by atomic mass is 16.2. The Balaban J connectivity index is 2.42. The summed E-state index contributed by atoms with van der Waals surface area (Å²) >= 11 is 0. The summed E-state index contributed by atoms with van der Waals surface area (Å²) in [6.45, 7) is 10.1. The van der Waals surface area contributed by atoms with Gasteiger partial charge >= 0.3 is 0 Å². The minimum atomic E-state index is 0.123. The average Bonchev–Trinajstić information content (AvgIpc) is 2.53. The maximum absolute atomic E-state index is 11.8. The highest BCUT2D eigenvalue weighted by Gasteiger charge is 2.27. The third-order valence-corrected chi connectivity index (χ3v) is 4.95. The normalized spacial score (nSPS) is 20.3. The number of carbonyl (C=O) groups excluding carboxylic acids is 1. The molecule has 1 rings (SSSR count). The van der Waals surface area contributed by atoms with Gasteiger partial charge < -0.3 is 4.90 Å². The van der Waals surface area contributed by atoms with E-state index in [1.54, 1.807) is 0 Å². The standard InChI is InChI=1S/C19H35NO/c1-4-7-8-9-10-13-17(12-5-2)18-14-11-15-20(16-18)19(21)6-3/h6,17-18H,3-5,7-16H2,1-2H3/t17?,18-/m0/s1. The van der Waals surface area contributed by atoms with Crippen LogP contribution in [0.3, 0.4) is 0 Å². The molecule has 0 radical (unpaired) electrons. The van der Waals surface area contributed by atoms with Crippen molar-refractivity contribution in [3.63, 3.8) is 0 Å². The van der Waals surface area contributed by atoms with Crippen molar-refractivity contribution in [2.24, 2.45) is 11.8 Å². The van der Waals surface area contributed by atoms with E-state index in [1.807, 2.05) is 4.90 Å². The van der Waals surface area contributed by atoms with Crippen molar-refractivity contribution in [1.82, 2.24) is 4.90 Å². The van der Waals surface area contributed by atoms with Crippen LogP contribution in [-0.4, -0.2) is 23.9 Å². The molecular formula is C19H35NO. The minimum Gasteiger partial charge on any atom is -0.339 e. The monoisotopic (exact) mass is 293 g/mol. The lowest BCUT2D eigenvalue weighted by molar-refractivity contribution is -0.128. The highest BCUT2D eigenvalue weighted by Crippen LogP contribution is 2.31. The van der Waals surface area contributed by atoms with E-state index in [2.05, 4.69) is 20.4 Å². The van der Waals surface area contributed by atoms with Crippen molar-refractivity contribution in [2.45, 2.75) is 78.1 Å². The fourth-order valence-corrected chi connectivity index (χ4v) is 3.72. The zero-order valence-corrected chi connectivity index (χ0v) is 14.3. The second-order valence-corrected chi connectivity index (χ2v) is 6.64. The summed E-state index contributed by atoms with van der Waals surface area (Å²) in [5.74, 6) is 1.66. The maximum atomic E-state index is 11.8. The van der Waals surface area contributed by atoms with Gasteiger partial charge in [0.15, 0.2) is 0 Å². The van der Waals surface area contributed by atoms with E-state index in [0.29, 0.717) is 5.92 Å².